The van der Waals surface area contributed by atoms with Crippen molar-refractivity contribution < 1.29 is 14.3 Å². The van der Waals surface area contributed by atoms with Crippen LogP contribution < -0.4 is 10.1 Å². The second kappa shape index (κ2) is 10.8. The van der Waals surface area contributed by atoms with Gasteiger partial charge in [0.25, 0.3) is 0 Å². The highest BCUT2D eigenvalue weighted by atomic mass is 16.5. The van der Waals surface area contributed by atoms with Gasteiger partial charge in [0.15, 0.2) is 5.96 Å². The molecular formula is C22H34N6O3. The van der Waals surface area contributed by atoms with Crippen LogP contribution in [0.4, 0.5) is 0 Å². The number of nitrogens with zero attached hydrogens (tertiary/aromatic N) is 5. The lowest BCUT2D eigenvalue weighted by Gasteiger charge is -2.37. The molecule has 2 aliphatic heterocycles. The summed E-state index contributed by atoms with van der Waals surface area (Å²) < 4.78 is 11.1. The summed E-state index contributed by atoms with van der Waals surface area (Å²) in [6.07, 6.45) is 4.34. The van der Waals surface area contributed by atoms with Crippen LogP contribution in [-0.2, 0) is 16.1 Å². The number of ether oxygens (including phenoxy) is 2. The van der Waals surface area contributed by atoms with Crippen molar-refractivity contribution in [1.82, 2.24) is 25.0 Å². The highest BCUT2D eigenvalue weighted by Gasteiger charge is 2.24. The third-order valence-corrected chi connectivity index (χ3v) is 6.02. The summed E-state index contributed by atoms with van der Waals surface area (Å²) >= 11 is 0. The third-order valence-electron chi connectivity index (χ3n) is 6.02. The van der Waals surface area contributed by atoms with E-state index in [4.69, 9.17) is 9.47 Å². The zero-order chi connectivity index (χ0) is 21.5. The minimum Gasteiger partial charge on any atom is -0.477 e. The summed E-state index contributed by atoms with van der Waals surface area (Å²) in [4.78, 5) is 27.6. The van der Waals surface area contributed by atoms with Gasteiger partial charge in [-0.25, -0.2) is 4.98 Å². The second-order valence-corrected chi connectivity index (χ2v) is 8.41. The topological polar surface area (TPSA) is 82.5 Å². The van der Waals surface area contributed by atoms with Crippen molar-refractivity contribution in [3.63, 3.8) is 0 Å². The molecule has 0 bridgehead atoms. The van der Waals surface area contributed by atoms with E-state index in [1.807, 2.05) is 24.1 Å². The summed E-state index contributed by atoms with van der Waals surface area (Å²) in [5.41, 5.74) is 1.12. The number of aliphatic imine (C=N–C) groups is 1. The number of aromatic nitrogens is 1. The Morgan fingerprint density at radius 2 is 1.97 bits per heavy atom. The third kappa shape index (κ3) is 6.54. The van der Waals surface area contributed by atoms with Crippen molar-refractivity contribution in [3.05, 3.63) is 23.9 Å². The van der Waals surface area contributed by atoms with Gasteiger partial charge in [-0.1, -0.05) is 0 Å². The van der Waals surface area contributed by atoms with Crippen LogP contribution in [-0.4, -0.2) is 104 Å². The van der Waals surface area contributed by atoms with Crippen molar-refractivity contribution in [2.75, 3.05) is 72.7 Å². The maximum atomic E-state index is 12.5. The first-order valence-electron chi connectivity index (χ1n) is 11.3. The Balaban J connectivity index is 1.20. The monoisotopic (exact) mass is 430 g/mol. The second-order valence-electron chi connectivity index (χ2n) is 8.41. The van der Waals surface area contributed by atoms with E-state index in [2.05, 4.69) is 25.1 Å². The smallest absolute Gasteiger partial charge is 0.236 e. The van der Waals surface area contributed by atoms with E-state index in [1.54, 1.807) is 6.20 Å². The Morgan fingerprint density at radius 3 is 2.68 bits per heavy atom. The maximum Gasteiger partial charge on any atom is 0.236 e. The molecule has 0 unspecified atom stereocenters. The molecule has 0 spiro atoms. The molecule has 31 heavy (non-hydrogen) atoms. The Morgan fingerprint density at radius 1 is 1.19 bits per heavy atom. The fourth-order valence-corrected chi connectivity index (χ4v) is 3.86. The molecule has 1 aliphatic carbocycles. The van der Waals surface area contributed by atoms with Gasteiger partial charge >= 0.3 is 0 Å². The van der Waals surface area contributed by atoms with Crippen molar-refractivity contribution in [1.29, 1.82) is 0 Å². The van der Waals surface area contributed by atoms with Gasteiger partial charge in [0.05, 0.1) is 26.4 Å². The number of amides is 1. The zero-order valence-corrected chi connectivity index (χ0v) is 18.5. The van der Waals surface area contributed by atoms with E-state index >= 15 is 0 Å². The first kappa shape index (κ1) is 21.8. The quantitative estimate of drug-likeness (QED) is 0.496. The normalized spacial score (nSPS) is 20.6. The first-order valence-corrected chi connectivity index (χ1v) is 11.3. The Hall–Kier alpha value is -2.39. The Labute approximate surface area is 184 Å². The Bertz CT molecular complexity index is 755. The number of morpholine rings is 1. The standard InChI is InChI=1S/C22H34N6O3/c1-23-22(25-15-19-4-5-24-20(14-19)31-17-18-2-3-18)28-8-6-26(7-9-28)16-21(29)27-10-12-30-13-11-27/h4-5,14,18H,2-3,6-13,15-17H2,1H3,(H,23,25). The van der Waals surface area contributed by atoms with Crippen LogP contribution in [0.15, 0.2) is 23.3 Å². The average molecular weight is 431 g/mol. The number of pyridine rings is 1. The van der Waals surface area contributed by atoms with Gasteiger partial charge in [-0.15, -0.1) is 0 Å². The SMILES string of the molecule is CN=C(NCc1ccnc(OCC2CC2)c1)N1CCN(CC(=O)N2CCOCC2)CC1. The van der Waals surface area contributed by atoms with Gasteiger partial charge in [0.1, 0.15) is 0 Å². The molecule has 4 rings (SSSR count). The van der Waals surface area contributed by atoms with Crippen LogP contribution in [0, 0.1) is 5.92 Å². The lowest BCUT2D eigenvalue weighted by atomic mass is 10.2. The summed E-state index contributed by atoms with van der Waals surface area (Å²) in [7, 11) is 1.81. The van der Waals surface area contributed by atoms with Crippen LogP contribution in [0.2, 0.25) is 0 Å². The van der Waals surface area contributed by atoms with Crippen LogP contribution in [0.5, 0.6) is 5.88 Å². The molecule has 9 heteroatoms. The van der Waals surface area contributed by atoms with Gasteiger partial charge in [0.2, 0.25) is 11.8 Å². The van der Waals surface area contributed by atoms with E-state index < -0.39 is 0 Å². The molecule has 1 saturated carbocycles. The first-order chi connectivity index (χ1) is 15.2. The van der Waals surface area contributed by atoms with Crippen LogP contribution >= 0.6 is 0 Å². The fraction of sp³-hybridized carbons (Fsp3) is 0.682. The number of carbonyl (C=O) groups excluding carboxylic acids is 1. The van der Waals surface area contributed by atoms with Gasteiger partial charge in [-0.3, -0.25) is 14.7 Å². The minimum absolute atomic E-state index is 0.205. The molecule has 3 aliphatic rings. The molecule has 3 fully saturated rings. The van der Waals surface area contributed by atoms with Crippen molar-refractivity contribution in [3.8, 4) is 5.88 Å². The molecule has 0 aromatic carbocycles. The summed E-state index contributed by atoms with van der Waals surface area (Å²) in [5.74, 6) is 2.50. The molecule has 170 valence electrons. The van der Waals surface area contributed by atoms with Crippen molar-refractivity contribution in [2.24, 2.45) is 10.9 Å². The molecule has 0 atom stereocenters. The molecule has 0 radical (unpaired) electrons. The molecule has 9 nitrogen and oxygen atoms in total. The number of hydrogen-bond donors (Lipinski definition) is 1. The van der Waals surface area contributed by atoms with Gasteiger partial charge in [-0.05, 0) is 30.4 Å². The lowest BCUT2D eigenvalue weighted by Crippen LogP contribution is -2.54. The maximum absolute atomic E-state index is 12.5. The van der Waals surface area contributed by atoms with E-state index in [0.717, 1.165) is 44.3 Å². The summed E-state index contributed by atoms with van der Waals surface area (Å²) in [6, 6.07) is 4.00. The number of rotatable bonds is 7. The van der Waals surface area contributed by atoms with Crippen LogP contribution in [0.1, 0.15) is 18.4 Å². The number of hydrogen-bond acceptors (Lipinski definition) is 6. The summed E-state index contributed by atoms with van der Waals surface area (Å²) in [6.45, 7) is 8.03. The molecule has 1 amide bonds. The number of carbonyl (C=O) groups is 1. The Kier molecular flexibility index (Phi) is 7.58. The molecule has 3 heterocycles. The largest absolute Gasteiger partial charge is 0.477 e. The number of nitrogens with one attached hydrogen (secondary N) is 1. The van der Waals surface area contributed by atoms with Crippen molar-refractivity contribution in [2.45, 2.75) is 19.4 Å². The highest BCUT2D eigenvalue weighted by molar-refractivity contribution is 5.80. The number of piperazine rings is 1. The van der Waals surface area contributed by atoms with Crippen molar-refractivity contribution >= 4 is 11.9 Å². The van der Waals surface area contributed by atoms with Gasteiger partial charge < -0.3 is 24.6 Å². The molecular weight excluding hydrogens is 396 g/mol. The number of guanidine groups is 1. The van der Waals surface area contributed by atoms with E-state index in [9.17, 15) is 4.79 Å². The molecule has 1 aromatic rings. The van der Waals surface area contributed by atoms with E-state index in [0.29, 0.717) is 51.2 Å². The molecule has 1 aromatic heterocycles. The van der Waals surface area contributed by atoms with E-state index in [-0.39, 0.29) is 5.91 Å². The van der Waals surface area contributed by atoms with E-state index in [1.165, 1.54) is 12.8 Å². The van der Waals surface area contributed by atoms with Gasteiger partial charge in [-0.2, -0.15) is 0 Å². The fourth-order valence-electron chi connectivity index (χ4n) is 3.86. The summed E-state index contributed by atoms with van der Waals surface area (Å²) in [5, 5.41) is 3.45. The predicted octanol–water partition coefficient (Wildman–Crippen LogP) is 0.422. The van der Waals surface area contributed by atoms with Crippen LogP contribution in [0.3, 0.4) is 0 Å². The lowest BCUT2D eigenvalue weighted by molar-refractivity contribution is -0.136. The minimum atomic E-state index is 0.205. The molecule has 2 saturated heterocycles. The average Bonchev–Trinajstić information content (AvgIpc) is 3.65. The predicted molar refractivity (Wildman–Crippen MR) is 118 cm³/mol. The molecule has 1 N–H and O–H groups in total. The highest BCUT2D eigenvalue weighted by Crippen LogP contribution is 2.29. The van der Waals surface area contributed by atoms with Gasteiger partial charge in [0, 0.05) is 65.1 Å². The zero-order valence-electron chi connectivity index (χ0n) is 18.5. The van der Waals surface area contributed by atoms with Crippen LogP contribution in [0.25, 0.3) is 0 Å².